The Bertz CT molecular complexity index is 1920. The second kappa shape index (κ2) is 8.63. The number of aromatic nitrogens is 4. The molecule has 1 atom stereocenters. The fraction of sp³-hybridized carbons (Fsp3) is 0.100. The highest BCUT2D eigenvalue weighted by atomic mass is 16.5. The Labute approximate surface area is 222 Å². The molecule has 7 rings (SSSR count). The van der Waals surface area contributed by atoms with Gasteiger partial charge in [0.25, 0.3) is 0 Å². The molecule has 0 saturated heterocycles. The summed E-state index contributed by atoms with van der Waals surface area (Å²) in [7, 11) is 3.18. The summed E-state index contributed by atoms with van der Waals surface area (Å²) in [6.45, 7) is 0. The second-order valence-electron chi connectivity index (χ2n) is 9.22. The Morgan fingerprint density at radius 1 is 0.897 bits per heavy atom. The van der Waals surface area contributed by atoms with Crippen molar-refractivity contribution in [3.8, 4) is 46.0 Å². The zero-order chi connectivity index (χ0) is 26.7. The summed E-state index contributed by atoms with van der Waals surface area (Å²) in [4.78, 5) is 9.42. The first-order chi connectivity index (χ1) is 19.1. The van der Waals surface area contributed by atoms with Crippen LogP contribution in [-0.4, -0.2) is 44.0 Å². The number of fused-ring (bicyclic) bond motifs is 5. The molecule has 0 saturated carbocycles. The van der Waals surface area contributed by atoms with Gasteiger partial charge in [0.1, 0.15) is 23.6 Å². The number of ether oxygens (including phenoxy) is 3. The lowest BCUT2D eigenvalue weighted by molar-refractivity contribution is 0.354. The minimum atomic E-state index is -0.373. The lowest BCUT2D eigenvalue weighted by Crippen LogP contribution is -2.15. The van der Waals surface area contributed by atoms with Crippen LogP contribution in [0.3, 0.4) is 0 Å². The van der Waals surface area contributed by atoms with Crippen LogP contribution >= 0.6 is 0 Å². The van der Waals surface area contributed by atoms with Gasteiger partial charge in [-0.05, 0) is 35.2 Å². The van der Waals surface area contributed by atoms with Crippen LogP contribution < -0.4 is 14.2 Å². The predicted octanol–water partition coefficient (Wildman–Crippen LogP) is 5.66. The molecule has 1 aliphatic rings. The number of phenolic OH excluding ortho intramolecular Hbond substituents is 2. The molecular weight excluding hydrogens is 496 g/mol. The van der Waals surface area contributed by atoms with E-state index >= 15 is 0 Å². The molecule has 1 unspecified atom stereocenters. The van der Waals surface area contributed by atoms with Crippen LogP contribution in [-0.2, 0) is 0 Å². The molecule has 0 spiro atoms. The lowest BCUT2D eigenvalue weighted by atomic mass is 9.83. The maximum Gasteiger partial charge on any atom is 0.228 e. The van der Waals surface area contributed by atoms with Crippen molar-refractivity contribution >= 4 is 16.4 Å². The average molecular weight is 519 g/mol. The van der Waals surface area contributed by atoms with Crippen molar-refractivity contribution in [1.29, 1.82) is 0 Å². The van der Waals surface area contributed by atoms with Crippen LogP contribution in [0.25, 0.3) is 27.8 Å². The lowest BCUT2D eigenvalue weighted by Gasteiger charge is -2.28. The van der Waals surface area contributed by atoms with Crippen LogP contribution in [0.15, 0.2) is 79.1 Å². The minimum absolute atomic E-state index is 0.0842. The van der Waals surface area contributed by atoms with Crippen molar-refractivity contribution in [3.05, 3.63) is 95.8 Å². The highest BCUT2D eigenvalue weighted by Crippen LogP contribution is 2.50. The van der Waals surface area contributed by atoms with E-state index in [0.29, 0.717) is 51.1 Å². The second-order valence-corrected chi connectivity index (χ2v) is 9.22. The topological polar surface area (TPSA) is 111 Å². The molecule has 4 aromatic carbocycles. The van der Waals surface area contributed by atoms with Gasteiger partial charge in [0, 0.05) is 22.9 Å². The Morgan fingerprint density at radius 2 is 1.74 bits per heavy atom. The molecule has 9 heteroatoms. The number of hydrogen-bond donors (Lipinski definition) is 2. The molecule has 0 aliphatic carbocycles. The van der Waals surface area contributed by atoms with Crippen LogP contribution in [0.4, 0.5) is 0 Å². The van der Waals surface area contributed by atoms with Crippen molar-refractivity contribution < 1.29 is 24.4 Å². The maximum absolute atomic E-state index is 11.1. The molecule has 1 aliphatic heterocycles. The third-order valence-electron chi connectivity index (χ3n) is 7.07. The SMILES string of the molecule is COc1ccc(C2c3ccc(O)cc3Oc3ncn4nc(-c5ccc6ccccc6c5O)nc4c32)cc1OC. The molecule has 9 nitrogen and oxygen atoms in total. The first-order valence-electron chi connectivity index (χ1n) is 12.2. The highest BCUT2D eigenvalue weighted by molar-refractivity contribution is 5.94. The summed E-state index contributed by atoms with van der Waals surface area (Å²) >= 11 is 0. The zero-order valence-corrected chi connectivity index (χ0v) is 21.0. The summed E-state index contributed by atoms with van der Waals surface area (Å²) in [6, 6.07) is 22.1. The number of aromatic hydroxyl groups is 2. The molecule has 0 bridgehead atoms. The van der Waals surface area contributed by atoms with E-state index in [1.54, 1.807) is 30.9 Å². The third kappa shape index (κ3) is 3.51. The minimum Gasteiger partial charge on any atom is -0.508 e. The standard InChI is InChI=1S/C30H22N4O5/c1-37-22-12-8-17(13-24(22)38-2)25-20-11-9-18(35)14-23(20)39-30-26(25)29-32-28(33-34(29)15-31-30)21-10-7-16-5-3-4-6-19(16)27(21)36/h3-15,25,35-36H,1-2H3. The molecule has 0 radical (unpaired) electrons. The summed E-state index contributed by atoms with van der Waals surface area (Å²) < 4.78 is 18.8. The predicted molar refractivity (Wildman–Crippen MR) is 144 cm³/mol. The normalized spacial score (nSPS) is 14.1. The van der Waals surface area contributed by atoms with Gasteiger partial charge in [-0.3, -0.25) is 0 Å². The van der Waals surface area contributed by atoms with Gasteiger partial charge in [-0.25, -0.2) is 14.5 Å². The Kier molecular flexibility index (Phi) is 5.06. The number of methoxy groups -OCH3 is 2. The monoisotopic (exact) mass is 518 g/mol. The first kappa shape index (κ1) is 22.9. The molecule has 6 aromatic rings. The fourth-order valence-electron chi connectivity index (χ4n) is 5.23. The quantitative estimate of drug-likeness (QED) is 0.307. The summed E-state index contributed by atoms with van der Waals surface area (Å²) in [5.41, 5.74) is 3.44. The Hall–Kier alpha value is -5.31. The average Bonchev–Trinajstić information content (AvgIpc) is 3.40. The molecule has 3 heterocycles. The number of rotatable bonds is 4. The summed E-state index contributed by atoms with van der Waals surface area (Å²) in [5, 5.41) is 27.5. The van der Waals surface area contributed by atoms with Gasteiger partial charge < -0.3 is 24.4 Å². The molecule has 2 N–H and O–H groups in total. The third-order valence-corrected chi connectivity index (χ3v) is 7.07. The van der Waals surface area contributed by atoms with Gasteiger partial charge in [-0.2, -0.15) is 0 Å². The van der Waals surface area contributed by atoms with Crippen LogP contribution in [0.2, 0.25) is 0 Å². The van der Waals surface area contributed by atoms with Gasteiger partial charge in [0.2, 0.25) is 5.88 Å². The van der Waals surface area contributed by atoms with Crippen molar-refractivity contribution in [2.45, 2.75) is 5.92 Å². The van der Waals surface area contributed by atoms with E-state index in [0.717, 1.165) is 16.5 Å². The molecule has 192 valence electrons. The van der Waals surface area contributed by atoms with E-state index in [1.807, 2.05) is 60.7 Å². The van der Waals surface area contributed by atoms with E-state index in [9.17, 15) is 10.2 Å². The van der Waals surface area contributed by atoms with Gasteiger partial charge in [-0.15, -0.1) is 5.10 Å². The zero-order valence-electron chi connectivity index (χ0n) is 21.0. The Morgan fingerprint density at radius 3 is 2.59 bits per heavy atom. The molecule has 0 amide bonds. The summed E-state index contributed by atoms with van der Waals surface area (Å²) in [6.07, 6.45) is 1.53. The van der Waals surface area contributed by atoms with Crippen molar-refractivity contribution in [3.63, 3.8) is 0 Å². The van der Waals surface area contributed by atoms with Crippen LogP contribution in [0, 0.1) is 0 Å². The molecule has 39 heavy (non-hydrogen) atoms. The van der Waals surface area contributed by atoms with Crippen molar-refractivity contribution in [2.75, 3.05) is 14.2 Å². The number of nitrogens with zero attached hydrogens (tertiary/aromatic N) is 4. The van der Waals surface area contributed by atoms with E-state index in [4.69, 9.17) is 19.2 Å². The van der Waals surface area contributed by atoms with Crippen LogP contribution in [0.5, 0.6) is 34.6 Å². The van der Waals surface area contributed by atoms with Gasteiger partial charge in [0.15, 0.2) is 23.0 Å². The summed E-state index contributed by atoms with van der Waals surface area (Å²) in [5.74, 6) is 2.20. The van der Waals surface area contributed by atoms with Gasteiger partial charge in [-0.1, -0.05) is 42.5 Å². The largest absolute Gasteiger partial charge is 0.508 e. The van der Waals surface area contributed by atoms with Gasteiger partial charge >= 0.3 is 0 Å². The maximum atomic E-state index is 11.1. The van der Waals surface area contributed by atoms with Crippen LogP contribution in [0.1, 0.15) is 22.6 Å². The van der Waals surface area contributed by atoms with E-state index in [1.165, 1.54) is 6.33 Å². The highest BCUT2D eigenvalue weighted by Gasteiger charge is 2.34. The molecule has 2 aromatic heterocycles. The molecular formula is C30H22N4O5. The van der Waals surface area contributed by atoms with Crippen molar-refractivity contribution in [1.82, 2.24) is 19.6 Å². The number of phenols is 2. The molecule has 0 fully saturated rings. The fourth-order valence-corrected chi connectivity index (χ4v) is 5.23. The first-order valence-corrected chi connectivity index (χ1v) is 12.2. The number of benzene rings is 4. The van der Waals surface area contributed by atoms with E-state index in [-0.39, 0.29) is 17.4 Å². The Balaban J connectivity index is 1.47. The van der Waals surface area contributed by atoms with Gasteiger partial charge in [0.05, 0.1) is 25.3 Å². The number of hydrogen-bond acceptors (Lipinski definition) is 8. The van der Waals surface area contributed by atoms with E-state index < -0.39 is 0 Å². The van der Waals surface area contributed by atoms with E-state index in [2.05, 4.69) is 10.1 Å². The van der Waals surface area contributed by atoms with Crippen molar-refractivity contribution in [2.24, 2.45) is 0 Å². The smallest absolute Gasteiger partial charge is 0.228 e.